The average molecular weight is 298 g/mol. The van der Waals surface area contributed by atoms with Crippen molar-refractivity contribution in [2.75, 3.05) is 17.0 Å². The molecule has 1 rings (SSSR count). The van der Waals surface area contributed by atoms with Gasteiger partial charge in [0, 0.05) is 6.04 Å². The molecule has 20 heavy (non-hydrogen) atoms. The van der Waals surface area contributed by atoms with E-state index in [9.17, 15) is 8.42 Å². The monoisotopic (exact) mass is 298 g/mol. The maximum Gasteiger partial charge on any atom is 0.232 e. The van der Waals surface area contributed by atoms with Gasteiger partial charge in [-0.2, -0.15) is 0 Å². The summed E-state index contributed by atoms with van der Waals surface area (Å²) in [6.45, 7) is 10.7. The number of hydrogen-bond acceptors (Lipinski definition) is 3. The third-order valence-electron chi connectivity index (χ3n) is 3.08. The normalized spacial score (nSPS) is 11.9. The van der Waals surface area contributed by atoms with Crippen LogP contribution < -0.4 is 10.0 Å². The van der Waals surface area contributed by atoms with Crippen molar-refractivity contribution in [3.8, 4) is 0 Å². The Balaban J connectivity index is 2.67. The third-order valence-corrected chi connectivity index (χ3v) is 4.42. The number of hydrogen-bond donors (Lipinski definition) is 2. The first-order valence-electron chi connectivity index (χ1n) is 7.03. The lowest BCUT2D eigenvalue weighted by Gasteiger charge is -2.14. The minimum absolute atomic E-state index is 0.138. The van der Waals surface area contributed by atoms with E-state index in [1.54, 1.807) is 0 Å². The highest BCUT2D eigenvalue weighted by Crippen LogP contribution is 2.23. The Morgan fingerprint density at radius 3 is 2.15 bits per heavy atom. The van der Waals surface area contributed by atoms with Crippen LogP contribution in [0.15, 0.2) is 12.1 Å². The van der Waals surface area contributed by atoms with Crippen LogP contribution >= 0.6 is 0 Å². The number of benzene rings is 1. The zero-order valence-electron chi connectivity index (χ0n) is 13.1. The first kappa shape index (κ1) is 17.0. The van der Waals surface area contributed by atoms with E-state index >= 15 is 0 Å². The summed E-state index contributed by atoms with van der Waals surface area (Å²) in [5.74, 6) is 0.138. The second-order valence-electron chi connectivity index (χ2n) is 5.66. The van der Waals surface area contributed by atoms with Crippen molar-refractivity contribution in [2.45, 2.75) is 47.1 Å². The van der Waals surface area contributed by atoms with Crippen molar-refractivity contribution in [3.05, 3.63) is 28.8 Å². The minimum atomic E-state index is -3.28. The maximum atomic E-state index is 12.1. The first-order chi connectivity index (χ1) is 9.21. The smallest absolute Gasteiger partial charge is 0.232 e. The molecule has 0 unspecified atom stereocenters. The van der Waals surface area contributed by atoms with Crippen molar-refractivity contribution in [3.63, 3.8) is 0 Å². The zero-order chi connectivity index (χ0) is 15.3. The van der Waals surface area contributed by atoms with Crippen LogP contribution in [0.3, 0.4) is 0 Å². The fraction of sp³-hybridized carbons (Fsp3) is 0.600. The summed E-state index contributed by atoms with van der Waals surface area (Å²) in [5.41, 5.74) is 3.79. The molecule has 0 bridgehead atoms. The van der Waals surface area contributed by atoms with Gasteiger partial charge in [-0.1, -0.05) is 31.5 Å². The van der Waals surface area contributed by atoms with Gasteiger partial charge in [-0.15, -0.1) is 0 Å². The van der Waals surface area contributed by atoms with Crippen LogP contribution in [-0.2, 0) is 10.0 Å². The highest BCUT2D eigenvalue weighted by Gasteiger charge is 2.13. The molecule has 0 aliphatic heterocycles. The molecule has 0 fully saturated rings. The summed E-state index contributed by atoms with van der Waals surface area (Å²) in [6, 6.07) is 4.36. The highest BCUT2D eigenvalue weighted by atomic mass is 32.2. The number of nitrogens with one attached hydrogen (secondary N) is 2. The van der Waals surface area contributed by atoms with Crippen LogP contribution in [0.2, 0.25) is 0 Å². The van der Waals surface area contributed by atoms with E-state index in [1.807, 2.05) is 46.8 Å². The summed E-state index contributed by atoms with van der Waals surface area (Å²) < 4.78 is 26.9. The van der Waals surface area contributed by atoms with Crippen molar-refractivity contribution in [1.82, 2.24) is 5.32 Å². The fourth-order valence-electron chi connectivity index (χ4n) is 2.20. The summed E-state index contributed by atoms with van der Waals surface area (Å²) in [5, 5.41) is 3.22. The quantitative estimate of drug-likeness (QED) is 0.761. The fourth-order valence-corrected chi connectivity index (χ4v) is 3.46. The maximum absolute atomic E-state index is 12.1. The molecule has 0 spiro atoms. The molecule has 0 saturated heterocycles. The topological polar surface area (TPSA) is 58.2 Å². The molecule has 1 aromatic carbocycles. The predicted octanol–water partition coefficient (Wildman–Crippen LogP) is 2.74. The molecule has 4 nitrogen and oxygen atoms in total. The van der Waals surface area contributed by atoms with Crippen molar-refractivity contribution >= 4 is 15.7 Å². The van der Waals surface area contributed by atoms with E-state index in [2.05, 4.69) is 10.0 Å². The van der Waals surface area contributed by atoms with E-state index in [1.165, 1.54) is 0 Å². The molecule has 0 saturated carbocycles. The number of sulfonamides is 1. The minimum Gasteiger partial charge on any atom is -0.314 e. The molecule has 0 heterocycles. The van der Waals surface area contributed by atoms with Gasteiger partial charge in [0.25, 0.3) is 0 Å². The second kappa shape index (κ2) is 7.09. The van der Waals surface area contributed by atoms with Gasteiger partial charge < -0.3 is 5.32 Å². The van der Waals surface area contributed by atoms with E-state index in [0.717, 1.165) is 16.7 Å². The van der Waals surface area contributed by atoms with Gasteiger partial charge in [-0.05, 0) is 44.9 Å². The summed E-state index contributed by atoms with van der Waals surface area (Å²) in [7, 11) is -3.28. The molecule has 5 heteroatoms. The van der Waals surface area contributed by atoms with Gasteiger partial charge >= 0.3 is 0 Å². The Hall–Kier alpha value is -1.07. The van der Waals surface area contributed by atoms with Crippen LogP contribution in [0.1, 0.15) is 37.0 Å². The number of anilines is 1. The molecule has 0 aliphatic rings. The average Bonchev–Trinajstić information content (AvgIpc) is 2.29. The lowest BCUT2D eigenvalue weighted by atomic mass is 10.1. The second-order valence-corrected chi connectivity index (χ2v) is 7.50. The highest BCUT2D eigenvalue weighted by molar-refractivity contribution is 7.92. The lowest BCUT2D eigenvalue weighted by Crippen LogP contribution is -2.26. The van der Waals surface area contributed by atoms with Crippen molar-refractivity contribution in [2.24, 2.45) is 0 Å². The molecule has 0 aromatic heterocycles. The van der Waals surface area contributed by atoms with Gasteiger partial charge in [-0.3, -0.25) is 4.72 Å². The number of rotatable bonds is 7. The Kier molecular flexibility index (Phi) is 6.02. The molecule has 114 valence electrons. The Morgan fingerprint density at radius 2 is 1.65 bits per heavy atom. The lowest BCUT2D eigenvalue weighted by molar-refractivity contribution is 0.571. The van der Waals surface area contributed by atoms with Crippen molar-refractivity contribution < 1.29 is 8.42 Å². The van der Waals surface area contributed by atoms with E-state index in [-0.39, 0.29) is 5.75 Å². The number of aryl methyl sites for hydroxylation is 3. The standard InChI is InChI=1S/C15H26N2O2S/c1-11(2)16-7-6-8-20(18,19)17-15-13(4)9-12(3)10-14(15)5/h9-11,16-17H,6-8H2,1-5H3. The molecule has 2 N–H and O–H groups in total. The van der Waals surface area contributed by atoms with Gasteiger partial charge in [0.05, 0.1) is 11.4 Å². The van der Waals surface area contributed by atoms with E-state index in [4.69, 9.17) is 0 Å². The largest absolute Gasteiger partial charge is 0.314 e. The molecule has 0 aliphatic carbocycles. The van der Waals surface area contributed by atoms with Crippen LogP contribution in [0.4, 0.5) is 5.69 Å². The zero-order valence-corrected chi connectivity index (χ0v) is 13.9. The van der Waals surface area contributed by atoms with Crippen LogP contribution in [0, 0.1) is 20.8 Å². The summed E-state index contributed by atoms with van der Waals surface area (Å²) in [4.78, 5) is 0. The Morgan fingerprint density at radius 1 is 1.10 bits per heavy atom. The Labute approximate surface area is 123 Å². The molecular formula is C15H26N2O2S. The SMILES string of the molecule is Cc1cc(C)c(NS(=O)(=O)CCCNC(C)C)c(C)c1. The van der Waals surface area contributed by atoms with Gasteiger partial charge in [0.1, 0.15) is 0 Å². The Bertz CT molecular complexity index is 528. The molecule has 0 amide bonds. The van der Waals surface area contributed by atoms with E-state index < -0.39 is 10.0 Å². The third kappa shape index (κ3) is 5.51. The molecular weight excluding hydrogens is 272 g/mol. The first-order valence-corrected chi connectivity index (χ1v) is 8.68. The van der Waals surface area contributed by atoms with Gasteiger partial charge in [0.2, 0.25) is 10.0 Å². The predicted molar refractivity (Wildman–Crippen MR) is 85.8 cm³/mol. The summed E-state index contributed by atoms with van der Waals surface area (Å²) >= 11 is 0. The van der Waals surface area contributed by atoms with E-state index in [0.29, 0.717) is 24.7 Å². The van der Waals surface area contributed by atoms with Gasteiger partial charge in [0.15, 0.2) is 0 Å². The van der Waals surface area contributed by atoms with Crippen LogP contribution in [-0.4, -0.2) is 26.8 Å². The molecule has 1 aromatic rings. The molecule has 0 radical (unpaired) electrons. The van der Waals surface area contributed by atoms with Crippen molar-refractivity contribution in [1.29, 1.82) is 0 Å². The summed E-state index contributed by atoms with van der Waals surface area (Å²) in [6.07, 6.45) is 0.609. The molecule has 0 atom stereocenters. The van der Waals surface area contributed by atoms with Crippen LogP contribution in [0.5, 0.6) is 0 Å². The van der Waals surface area contributed by atoms with Gasteiger partial charge in [-0.25, -0.2) is 8.42 Å². The van der Waals surface area contributed by atoms with Crippen LogP contribution in [0.25, 0.3) is 0 Å².